The third-order valence-electron chi connectivity index (χ3n) is 3.86. The molecule has 0 saturated carbocycles. The quantitative estimate of drug-likeness (QED) is 0.407. The van der Waals surface area contributed by atoms with Crippen molar-refractivity contribution < 1.29 is 19.2 Å². The first kappa shape index (κ1) is 20.6. The minimum Gasteiger partial charge on any atom is -0.490 e. The monoisotopic (exact) mass is 383 g/mol. The van der Waals surface area contributed by atoms with Gasteiger partial charge in [0, 0.05) is 31.3 Å². The maximum atomic E-state index is 12.2. The van der Waals surface area contributed by atoms with Gasteiger partial charge in [-0.2, -0.15) is 0 Å². The molecule has 0 saturated heterocycles. The number of benzene rings is 2. The summed E-state index contributed by atoms with van der Waals surface area (Å²) in [5, 5.41) is 13.3. The number of nitrogens with zero attached hydrogens (tertiary/aromatic N) is 2. The number of likely N-dealkylation sites (N-methyl/N-ethyl adjacent to an activating group) is 1. The van der Waals surface area contributed by atoms with Gasteiger partial charge in [0.25, 0.3) is 11.6 Å². The largest absolute Gasteiger partial charge is 0.490 e. The van der Waals surface area contributed by atoms with Gasteiger partial charge in [-0.1, -0.05) is 30.9 Å². The maximum Gasteiger partial charge on any atom is 0.270 e. The van der Waals surface area contributed by atoms with Crippen LogP contribution < -0.4 is 10.1 Å². The Morgan fingerprint density at radius 3 is 2.61 bits per heavy atom. The van der Waals surface area contributed by atoms with Crippen LogP contribution in [0, 0.1) is 10.1 Å². The number of ether oxygens (including phenoxy) is 1. The highest BCUT2D eigenvalue weighted by Crippen LogP contribution is 2.14. The molecule has 0 bridgehead atoms. The van der Waals surface area contributed by atoms with Crippen molar-refractivity contribution in [1.29, 1.82) is 0 Å². The molecule has 0 aliphatic rings. The van der Waals surface area contributed by atoms with E-state index in [0.717, 1.165) is 5.56 Å². The molecule has 0 aromatic heterocycles. The summed E-state index contributed by atoms with van der Waals surface area (Å²) in [5.74, 6) is -0.123. The van der Waals surface area contributed by atoms with Gasteiger partial charge in [0.15, 0.2) is 0 Å². The molecule has 0 fully saturated rings. The second-order valence-electron chi connectivity index (χ2n) is 5.98. The van der Waals surface area contributed by atoms with Gasteiger partial charge in [-0.3, -0.25) is 19.7 Å². The molecule has 2 aromatic rings. The number of rotatable bonds is 9. The summed E-state index contributed by atoms with van der Waals surface area (Å²) < 4.78 is 5.40. The van der Waals surface area contributed by atoms with E-state index in [1.807, 2.05) is 12.1 Å². The number of nitro benzene ring substituents is 1. The van der Waals surface area contributed by atoms with E-state index >= 15 is 0 Å². The lowest BCUT2D eigenvalue weighted by Crippen LogP contribution is -2.37. The Kier molecular flexibility index (Phi) is 7.27. The Morgan fingerprint density at radius 1 is 1.25 bits per heavy atom. The fraction of sp³-hybridized carbons (Fsp3) is 0.200. The molecule has 0 spiro atoms. The fourth-order valence-electron chi connectivity index (χ4n) is 2.36. The summed E-state index contributed by atoms with van der Waals surface area (Å²) in [6.07, 6.45) is 1.66. The molecule has 0 aliphatic carbocycles. The highest BCUT2D eigenvalue weighted by Gasteiger charge is 2.14. The molecule has 8 nitrogen and oxygen atoms in total. The topological polar surface area (TPSA) is 102 Å². The molecular formula is C20H21N3O5. The minimum atomic E-state index is -0.580. The number of hydrogen-bond acceptors (Lipinski definition) is 5. The van der Waals surface area contributed by atoms with Crippen molar-refractivity contribution in [3.05, 3.63) is 82.4 Å². The lowest BCUT2D eigenvalue weighted by atomic mass is 10.2. The summed E-state index contributed by atoms with van der Waals surface area (Å²) in [6, 6.07) is 12.6. The van der Waals surface area contributed by atoms with Crippen molar-refractivity contribution in [2.45, 2.75) is 6.54 Å². The van der Waals surface area contributed by atoms with Gasteiger partial charge in [-0.05, 0) is 23.8 Å². The van der Waals surface area contributed by atoms with Crippen molar-refractivity contribution >= 4 is 17.5 Å². The van der Waals surface area contributed by atoms with E-state index in [2.05, 4.69) is 11.9 Å². The van der Waals surface area contributed by atoms with Crippen molar-refractivity contribution in [2.24, 2.45) is 0 Å². The normalized spacial score (nSPS) is 10.0. The molecule has 8 heteroatoms. The number of amides is 2. The average molecular weight is 383 g/mol. The lowest BCUT2D eigenvalue weighted by molar-refractivity contribution is -0.384. The average Bonchev–Trinajstić information content (AvgIpc) is 2.71. The minimum absolute atomic E-state index is 0.125. The summed E-state index contributed by atoms with van der Waals surface area (Å²) in [6.45, 7) is 4.16. The van der Waals surface area contributed by atoms with Gasteiger partial charge < -0.3 is 15.0 Å². The third kappa shape index (κ3) is 5.94. The molecule has 0 radical (unpaired) electrons. The van der Waals surface area contributed by atoms with E-state index in [1.54, 1.807) is 25.3 Å². The van der Waals surface area contributed by atoms with Crippen LogP contribution in [0.2, 0.25) is 0 Å². The molecule has 0 heterocycles. The smallest absolute Gasteiger partial charge is 0.270 e. The summed E-state index contributed by atoms with van der Waals surface area (Å²) in [4.78, 5) is 36.0. The molecule has 0 unspecified atom stereocenters. The van der Waals surface area contributed by atoms with E-state index in [0.29, 0.717) is 18.9 Å². The Labute approximate surface area is 162 Å². The lowest BCUT2D eigenvalue weighted by Gasteiger charge is -2.18. The van der Waals surface area contributed by atoms with Crippen molar-refractivity contribution in [3.63, 3.8) is 0 Å². The van der Waals surface area contributed by atoms with E-state index in [1.165, 1.54) is 29.2 Å². The number of nitrogens with one attached hydrogen (secondary N) is 1. The SMILES string of the molecule is C=CCOc1ccc(CN(C)C(=O)CNC(=O)c2cccc([N+](=O)[O-])c2)cc1. The zero-order valence-corrected chi connectivity index (χ0v) is 15.5. The second kappa shape index (κ2) is 9.86. The number of non-ortho nitro benzene ring substituents is 1. The standard InChI is InChI=1S/C20H21N3O5/c1-3-11-28-18-9-7-15(8-10-18)14-22(2)19(24)13-21-20(25)16-5-4-6-17(12-16)23(26)27/h3-10,12H,1,11,13-14H2,2H3,(H,21,25). The van der Waals surface area contributed by atoms with Gasteiger partial charge in [-0.15, -0.1) is 0 Å². The fourth-order valence-corrected chi connectivity index (χ4v) is 2.36. The Hall–Kier alpha value is -3.68. The zero-order valence-electron chi connectivity index (χ0n) is 15.5. The molecule has 28 heavy (non-hydrogen) atoms. The first-order valence-electron chi connectivity index (χ1n) is 8.50. The molecule has 0 aliphatic heterocycles. The molecule has 146 valence electrons. The van der Waals surface area contributed by atoms with Crippen molar-refractivity contribution in [1.82, 2.24) is 10.2 Å². The molecule has 0 atom stereocenters. The van der Waals surface area contributed by atoms with E-state index in [-0.39, 0.29) is 23.7 Å². The second-order valence-corrected chi connectivity index (χ2v) is 5.98. The predicted molar refractivity (Wildman–Crippen MR) is 104 cm³/mol. The molecule has 2 aromatic carbocycles. The van der Waals surface area contributed by atoms with Gasteiger partial charge in [0.1, 0.15) is 12.4 Å². The molecule has 2 rings (SSSR count). The van der Waals surface area contributed by atoms with Crippen LogP contribution in [0.4, 0.5) is 5.69 Å². The summed E-state index contributed by atoms with van der Waals surface area (Å²) >= 11 is 0. The third-order valence-corrected chi connectivity index (χ3v) is 3.86. The summed E-state index contributed by atoms with van der Waals surface area (Å²) in [7, 11) is 1.63. The summed E-state index contributed by atoms with van der Waals surface area (Å²) in [5.41, 5.74) is 0.850. The Bertz CT molecular complexity index is 864. The van der Waals surface area contributed by atoms with Crippen LogP contribution in [0.25, 0.3) is 0 Å². The van der Waals surface area contributed by atoms with Gasteiger partial charge in [0.05, 0.1) is 11.5 Å². The zero-order chi connectivity index (χ0) is 20.5. The van der Waals surface area contributed by atoms with Gasteiger partial charge in [-0.25, -0.2) is 0 Å². The maximum absolute atomic E-state index is 12.2. The molecular weight excluding hydrogens is 362 g/mol. The van der Waals surface area contributed by atoms with E-state index in [9.17, 15) is 19.7 Å². The molecule has 2 amide bonds. The van der Waals surface area contributed by atoms with Crippen molar-refractivity contribution in [3.8, 4) is 5.75 Å². The van der Waals surface area contributed by atoms with Crippen molar-refractivity contribution in [2.75, 3.05) is 20.2 Å². The van der Waals surface area contributed by atoms with Crippen LogP contribution in [0.15, 0.2) is 61.2 Å². The van der Waals surface area contributed by atoms with Crippen LogP contribution in [0.5, 0.6) is 5.75 Å². The van der Waals surface area contributed by atoms with Gasteiger partial charge >= 0.3 is 0 Å². The predicted octanol–water partition coefficient (Wildman–Crippen LogP) is 2.55. The van der Waals surface area contributed by atoms with Crippen LogP contribution in [0.3, 0.4) is 0 Å². The van der Waals surface area contributed by atoms with Crippen LogP contribution in [-0.4, -0.2) is 41.8 Å². The van der Waals surface area contributed by atoms with E-state index < -0.39 is 10.8 Å². The molecule has 1 N–H and O–H groups in total. The van der Waals surface area contributed by atoms with Crippen LogP contribution >= 0.6 is 0 Å². The van der Waals surface area contributed by atoms with Gasteiger partial charge in [0.2, 0.25) is 5.91 Å². The first-order valence-corrected chi connectivity index (χ1v) is 8.50. The number of carbonyl (C=O) groups excluding carboxylic acids is 2. The van der Waals surface area contributed by atoms with Crippen LogP contribution in [0.1, 0.15) is 15.9 Å². The van der Waals surface area contributed by atoms with Crippen LogP contribution in [-0.2, 0) is 11.3 Å². The van der Waals surface area contributed by atoms with E-state index in [4.69, 9.17) is 4.74 Å². The number of nitro groups is 1. The first-order chi connectivity index (χ1) is 13.4. The Balaban J connectivity index is 1.86. The number of carbonyl (C=O) groups is 2. The Morgan fingerprint density at radius 2 is 1.96 bits per heavy atom. The highest BCUT2D eigenvalue weighted by molar-refractivity contribution is 5.96. The highest BCUT2D eigenvalue weighted by atomic mass is 16.6. The number of hydrogen-bond donors (Lipinski definition) is 1.